The first-order valence-corrected chi connectivity index (χ1v) is 11.7. The number of nitrogen functional groups attached to an aromatic ring is 1. The molecule has 1 aliphatic heterocycles. The summed E-state index contributed by atoms with van der Waals surface area (Å²) in [6.07, 6.45) is -3.60. The van der Waals surface area contributed by atoms with E-state index in [9.17, 15) is 13.2 Å². The predicted octanol–water partition coefficient (Wildman–Crippen LogP) is 6.55. The Hall–Kier alpha value is -3.40. The van der Waals surface area contributed by atoms with Crippen molar-refractivity contribution in [2.24, 2.45) is 10.2 Å². The first-order chi connectivity index (χ1) is 16.4. The van der Waals surface area contributed by atoms with Crippen LogP contribution in [-0.4, -0.2) is 26.1 Å². The number of alkyl halides is 3. The Kier molecular flexibility index (Phi) is 6.84. The predicted molar refractivity (Wildman–Crippen MR) is 132 cm³/mol. The van der Waals surface area contributed by atoms with Gasteiger partial charge in [-0.3, -0.25) is 0 Å². The SMILES string of the molecule is CC(C)(C)Sc1nc(N)cc(Oc2ccc(C3=NN=C(Cc4cccc(C(F)(F)F)c4)C3)cc2)n1. The van der Waals surface area contributed by atoms with Crippen molar-refractivity contribution in [2.75, 3.05) is 5.73 Å². The average molecular weight is 500 g/mol. The Morgan fingerprint density at radius 3 is 2.40 bits per heavy atom. The van der Waals surface area contributed by atoms with Crippen LogP contribution >= 0.6 is 11.8 Å². The van der Waals surface area contributed by atoms with Gasteiger partial charge in [0.15, 0.2) is 5.16 Å². The number of nitrogens with zero attached hydrogens (tertiary/aromatic N) is 4. The van der Waals surface area contributed by atoms with Crippen molar-refractivity contribution in [3.8, 4) is 11.6 Å². The molecule has 0 atom stereocenters. The standard InChI is InChI=1S/C25H24F3N5OS/c1-24(2,3)35-23-30-21(29)14-22(31-23)34-19-9-7-16(8-10-19)20-13-18(32-33-20)12-15-5-4-6-17(11-15)25(26,27)28/h4-11,14H,12-13H2,1-3H3,(H2,29,30,31). The smallest absolute Gasteiger partial charge is 0.416 e. The Labute approximate surface area is 205 Å². The molecule has 0 unspecified atom stereocenters. The topological polar surface area (TPSA) is 85.8 Å². The van der Waals surface area contributed by atoms with Gasteiger partial charge < -0.3 is 10.5 Å². The Bertz CT molecular complexity index is 1280. The number of benzene rings is 2. The lowest BCUT2D eigenvalue weighted by molar-refractivity contribution is -0.137. The number of thioether (sulfide) groups is 1. The van der Waals surface area contributed by atoms with Crippen LogP contribution in [0.25, 0.3) is 0 Å². The van der Waals surface area contributed by atoms with E-state index in [2.05, 4.69) is 40.9 Å². The molecule has 2 N–H and O–H groups in total. The first kappa shape index (κ1) is 24.7. The molecule has 10 heteroatoms. The molecular formula is C25H24F3N5OS. The fraction of sp³-hybridized carbons (Fsp3) is 0.280. The maximum Gasteiger partial charge on any atom is 0.416 e. The van der Waals surface area contributed by atoms with Crippen molar-refractivity contribution in [3.05, 3.63) is 71.3 Å². The highest BCUT2D eigenvalue weighted by molar-refractivity contribution is 8.00. The zero-order valence-corrected chi connectivity index (χ0v) is 20.2. The molecule has 182 valence electrons. The van der Waals surface area contributed by atoms with Gasteiger partial charge in [-0.15, -0.1) is 0 Å². The molecular weight excluding hydrogens is 475 g/mol. The molecule has 0 saturated carbocycles. The monoisotopic (exact) mass is 499 g/mol. The molecule has 0 spiro atoms. The number of anilines is 1. The highest BCUT2D eigenvalue weighted by Gasteiger charge is 2.30. The number of aromatic nitrogens is 2. The second-order valence-corrected chi connectivity index (χ2v) is 10.8. The molecule has 1 aromatic heterocycles. The fourth-order valence-corrected chi connectivity index (χ4v) is 4.21. The minimum atomic E-state index is -4.37. The molecule has 0 radical (unpaired) electrons. The van der Waals surface area contributed by atoms with Gasteiger partial charge in [0.2, 0.25) is 5.88 Å². The number of hydrogen-bond acceptors (Lipinski definition) is 7. The third-order valence-corrected chi connectivity index (χ3v) is 5.83. The number of rotatable bonds is 6. The van der Waals surface area contributed by atoms with Crippen LogP contribution in [0.3, 0.4) is 0 Å². The Balaban J connectivity index is 1.38. The second kappa shape index (κ2) is 9.69. The Morgan fingerprint density at radius 1 is 0.971 bits per heavy atom. The van der Waals surface area contributed by atoms with E-state index in [1.165, 1.54) is 17.8 Å². The normalized spacial score (nSPS) is 14.0. The summed E-state index contributed by atoms with van der Waals surface area (Å²) < 4.78 is 44.7. The summed E-state index contributed by atoms with van der Waals surface area (Å²) in [5, 5.41) is 8.94. The van der Waals surface area contributed by atoms with Gasteiger partial charge in [0.1, 0.15) is 11.6 Å². The summed E-state index contributed by atoms with van der Waals surface area (Å²) in [7, 11) is 0. The molecule has 0 aliphatic carbocycles. The minimum Gasteiger partial charge on any atom is -0.439 e. The largest absolute Gasteiger partial charge is 0.439 e. The molecule has 0 fully saturated rings. The second-order valence-electron chi connectivity index (χ2n) is 9.02. The number of halogens is 3. The van der Waals surface area contributed by atoms with Gasteiger partial charge in [0.25, 0.3) is 0 Å². The van der Waals surface area contributed by atoms with Gasteiger partial charge in [0, 0.05) is 23.7 Å². The van der Waals surface area contributed by atoms with E-state index < -0.39 is 11.7 Å². The first-order valence-electron chi connectivity index (χ1n) is 10.8. The molecule has 6 nitrogen and oxygen atoms in total. The molecule has 3 aromatic rings. The summed E-state index contributed by atoms with van der Waals surface area (Å²) in [4.78, 5) is 8.67. The van der Waals surface area contributed by atoms with Gasteiger partial charge in [0.05, 0.1) is 17.0 Å². The minimum absolute atomic E-state index is 0.0726. The van der Waals surface area contributed by atoms with Crippen LogP contribution in [0.1, 0.15) is 43.9 Å². The summed E-state index contributed by atoms with van der Waals surface area (Å²) >= 11 is 1.50. The van der Waals surface area contributed by atoms with E-state index in [-0.39, 0.29) is 4.75 Å². The summed E-state index contributed by atoms with van der Waals surface area (Å²) in [6.45, 7) is 6.18. The van der Waals surface area contributed by atoms with Gasteiger partial charge in [-0.25, -0.2) is 4.98 Å². The maximum atomic E-state index is 13.0. The molecule has 2 heterocycles. The van der Waals surface area contributed by atoms with Gasteiger partial charge in [-0.1, -0.05) is 50.7 Å². The molecule has 0 bridgehead atoms. The van der Waals surface area contributed by atoms with Crippen LogP contribution in [0.15, 0.2) is 70.0 Å². The zero-order valence-electron chi connectivity index (χ0n) is 19.4. The third kappa shape index (κ3) is 6.82. The molecule has 4 rings (SSSR count). The van der Waals surface area contributed by atoms with Crippen molar-refractivity contribution in [2.45, 2.75) is 49.7 Å². The van der Waals surface area contributed by atoms with Crippen LogP contribution < -0.4 is 10.5 Å². The lowest BCUT2D eigenvalue weighted by atomic mass is 10.00. The van der Waals surface area contributed by atoms with Crippen LogP contribution in [0, 0.1) is 0 Å². The average Bonchev–Trinajstić information content (AvgIpc) is 3.20. The van der Waals surface area contributed by atoms with E-state index >= 15 is 0 Å². The summed E-state index contributed by atoms with van der Waals surface area (Å²) in [5.41, 5.74) is 8.09. The third-order valence-electron chi connectivity index (χ3n) is 4.86. The number of hydrogen-bond donors (Lipinski definition) is 1. The van der Waals surface area contributed by atoms with Crippen molar-refractivity contribution in [1.29, 1.82) is 0 Å². The summed E-state index contributed by atoms with van der Waals surface area (Å²) in [5.74, 6) is 1.24. The number of ether oxygens (including phenoxy) is 1. The van der Waals surface area contributed by atoms with Gasteiger partial charge in [-0.05, 0) is 41.5 Å². The molecule has 1 aliphatic rings. The van der Waals surface area contributed by atoms with Crippen LogP contribution in [0.2, 0.25) is 0 Å². The Morgan fingerprint density at radius 2 is 1.71 bits per heavy atom. The highest BCUT2D eigenvalue weighted by Crippen LogP contribution is 2.32. The van der Waals surface area contributed by atoms with E-state index in [1.807, 2.05) is 12.1 Å². The van der Waals surface area contributed by atoms with Crippen LogP contribution in [0.5, 0.6) is 11.6 Å². The lowest BCUT2D eigenvalue weighted by Gasteiger charge is -2.16. The van der Waals surface area contributed by atoms with Crippen molar-refractivity contribution >= 4 is 29.0 Å². The van der Waals surface area contributed by atoms with E-state index in [4.69, 9.17) is 10.5 Å². The molecule has 35 heavy (non-hydrogen) atoms. The molecule has 2 aromatic carbocycles. The van der Waals surface area contributed by atoms with Crippen LogP contribution in [-0.2, 0) is 12.6 Å². The van der Waals surface area contributed by atoms with E-state index in [1.54, 1.807) is 24.3 Å². The van der Waals surface area contributed by atoms with E-state index in [0.717, 1.165) is 23.4 Å². The summed E-state index contributed by atoms with van der Waals surface area (Å²) in [6, 6.07) is 14.1. The van der Waals surface area contributed by atoms with Gasteiger partial charge >= 0.3 is 6.18 Å². The van der Waals surface area contributed by atoms with E-state index in [0.29, 0.717) is 46.7 Å². The highest BCUT2D eigenvalue weighted by atomic mass is 32.2. The van der Waals surface area contributed by atoms with Gasteiger partial charge in [-0.2, -0.15) is 28.4 Å². The number of nitrogens with two attached hydrogens (primary N) is 1. The molecule has 0 amide bonds. The zero-order chi connectivity index (χ0) is 25.2. The quantitative estimate of drug-likeness (QED) is 0.307. The fourth-order valence-electron chi connectivity index (χ4n) is 3.37. The van der Waals surface area contributed by atoms with Crippen LogP contribution in [0.4, 0.5) is 19.0 Å². The molecule has 0 saturated heterocycles. The van der Waals surface area contributed by atoms with Crippen molar-refractivity contribution < 1.29 is 17.9 Å². The maximum absolute atomic E-state index is 13.0. The van der Waals surface area contributed by atoms with Crippen molar-refractivity contribution in [1.82, 2.24) is 9.97 Å². The lowest BCUT2D eigenvalue weighted by Crippen LogP contribution is -2.09. The van der Waals surface area contributed by atoms with Crippen molar-refractivity contribution in [3.63, 3.8) is 0 Å².